The van der Waals surface area contributed by atoms with Gasteiger partial charge in [0.15, 0.2) is 6.10 Å². The number of carboxylic acid groups (broad SMARTS) is 1. The normalized spacial score (nSPS) is 14.6. The van der Waals surface area contributed by atoms with Crippen LogP contribution in [0.2, 0.25) is 5.02 Å². The molecule has 0 fully saturated rings. The molecule has 9 nitrogen and oxygen atoms in total. The van der Waals surface area contributed by atoms with Gasteiger partial charge >= 0.3 is 11.9 Å². The first-order valence-electron chi connectivity index (χ1n) is 15.5. The van der Waals surface area contributed by atoms with Crippen LogP contribution in [0.5, 0.6) is 5.75 Å². The van der Waals surface area contributed by atoms with E-state index in [1.165, 1.54) is 13.2 Å². The fourth-order valence-electron chi connectivity index (χ4n) is 4.39. The largest absolute Gasteiger partial charge is 0.495 e. The van der Waals surface area contributed by atoms with E-state index in [1.54, 1.807) is 24.3 Å². The summed E-state index contributed by atoms with van der Waals surface area (Å²) in [5.74, 6) is -1.82. The Kier molecular flexibility index (Phi) is 16.0. The minimum atomic E-state index is -1.19. The molecule has 0 bridgehead atoms. The average molecular weight is 657 g/mol. The van der Waals surface area contributed by atoms with Crippen LogP contribution in [0.4, 0.5) is 0 Å². The van der Waals surface area contributed by atoms with E-state index in [1.807, 2.05) is 77.1 Å². The van der Waals surface area contributed by atoms with E-state index >= 15 is 0 Å². The maximum absolute atomic E-state index is 13.4. The maximum Gasteiger partial charge on any atom is 0.335 e. The zero-order valence-corrected chi connectivity index (χ0v) is 28.5. The van der Waals surface area contributed by atoms with Crippen molar-refractivity contribution in [2.75, 3.05) is 20.3 Å². The van der Waals surface area contributed by atoms with Crippen molar-refractivity contribution in [1.29, 1.82) is 0 Å². The van der Waals surface area contributed by atoms with E-state index in [2.05, 4.69) is 5.32 Å². The highest BCUT2D eigenvalue weighted by atomic mass is 35.5. The second-order valence-electron chi connectivity index (χ2n) is 12.6. The van der Waals surface area contributed by atoms with E-state index in [0.29, 0.717) is 35.9 Å². The molecule has 0 unspecified atom stereocenters. The zero-order valence-electron chi connectivity index (χ0n) is 27.7. The number of nitrogens with one attached hydrogen (secondary N) is 1. The Morgan fingerprint density at radius 2 is 1.78 bits per heavy atom. The molecule has 0 aliphatic carbocycles. The van der Waals surface area contributed by atoms with Crippen LogP contribution < -0.4 is 15.8 Å². The molecule has 46 heavy (non-hydrogen) atoms. The Morgan fingerprint density at radius 1 is 1.09 bits per heavy atom. The summed E-state index contributed by atoms with van der Waals surface area (Å²) < 4.78 is 17.2. The molecule has 4 atom stereocenters. The second-order valence-corrected chi connectivity index (χ2v) is 13.0. The number of benzene rings is 2. The van der Waals surface area contributed by atoms with Crippen molar-refractivity contribution in [1.82, 2.24) is 5.32 Å². The van der Waals surface area contributed by atoms with E-state index < -0.39 is 36.1 Å². The second kappa shape index (κ2) is 19.1. The number of halogens is 1. The molecule has 4 N–H and O–H groups in total. The number of hydrogen-bond acceptors (Lipinski definition) is 7. The van der Waals surface area contributed by atoms with Crippen molar-refractivity contribution in [2.24, 2.45) is 23.0 Å². The third-order valence-electron chi connectivity index (χ3n) is 7.33. The number of esters is 1. The number of rotatable bonds is 19. The molecule has 0 spiro atoms. The van der Waals surface area contributed by atoms with Gasteiger partial charge in [0.25, 0.3) is 0 Å². The molecular weight excluding hydrogens is 608 g/mol. The highest BCUT2D eigenvalue weighted by Crippen LogP contribution is 2.26. The third-order valence-corrected chi connectivity index (χ3v) is 7.63. The van der Waals surface area contributed by atoms with E-state index in [4.69, 9.17) is 31.5 Å². The third kappa shape index (κ3) is 13.8. The van der Waals surface area contributed by atoms with Crippen LogP contribution in [-0.2, 0) is 30.3 Å². The number of aliphatic carboxylic acids is 1. The minimum absolute atomic E-state index is 0.0262. The van der Waals surface area contributed by atoms with Gasteiger partial charge in [-0.1, -0.05) is 101 Å². The fraction of sp³-hybridized carbons (Fsp3) is 0.472. The Hall–Kier alpha value is -3.66. The molecule has 252 valence electrons. The molecule has 2 rings (SSSR count). The minimum Gasteiger partial charge on any atom is -0.495 e. The number of nitrogens with two attached hydrogens (primary N) is 1. The molecule has 1 amide bonds. The lowest BCUT2D eigenvalue weighted by Crippen LogP contribution is -2.41. The highest BCUT2D eigenvalue weighted by Gasteiger charge is 2.29. The summed E-state index contributed by atoms with van der Waals surface area (Å²) in [5, 5.41) is 12.6. The molecular formula is C36H49ClN2O7. The molecule has 0 aliphatic rings. The summed E-state index contributed by atoms with van der Waals surface area (Å²) in [7, 11) is 1.49. The highest BCUT2D eigenvalue weighted by molar-refractivity contribution is 6.32. The van der Waals surface area contributed by atoms with E-state index in [9.17, 15) is 19.5 Å². The SMILES string of the molecule is COc1ccc(C[C@@H](NC(=O)/C=C/C[C@H](OC(=O)[C@H](CC(C)C)OCC(C)(C)CN)[C@H](C)/C=C/c2ccccc2)C(=O)O)cc1Cl. The number of carboxylic acids is 1. The Labute approximate surface area is 278 Å². The van der Waals surface area contributed by atoms with Crippen LogP contribution in [-0.4, -0.2) is 61.5 Å². The Morgan fingerprint density at radius 3 is 2.37 bits per heavy atom. The Balaban J connectivity index is 2.18. The van der Waals surface area contributed by atoms with Crippen LogP contribution >= 0.6 is 11.6 Å². The van der Waals surface area contributed by atoms with Crippen LogP contribution in [0.15, 0.2) is 66.8 Å². The van der Waals surface area contributed by atoms with E-state index in [-0.39, 0.29) is 30.1 Å². The van der Waals surface area contributed by atoms with Gasteiger partial charge in [0.1, 0.15) is 17.9 Å². The number of ether oxygens (including phenoxy) is 3. The first-order chi connectivity index (χ1) is 21.7. The average Bonchev–Trinajstić information content (AvgIpc) is 3.01. The molecule has 0 saturated carbocycles. The van der Waals surface area contributed by atoms with Crippen molar-refractivity contribution in [2.45, 2.75) is 72.1 Å². The lowest BCUT2D eigenvalue weighted by Gasteiger charge is -2.28. The standard InChI is InChI=1S/C36H49ClN2O7/c1-24(2)19-32(45-23-36(4,5)22-38)35(43)46-30(25(3)15-16-26-11-8-7-9-12-26)13-10-14-33(40)39-29(34(41)42)21-27-17-18-31(44-6)28(37)20-27/h7-12,14-18,20,24-25,29-30,32H,13,19,21-23,38H2,1-6H3,(H,39,40)(H,41,42)/b14-10+,16-15+/t25-,29-,30+,32+/m1/s1. The summed E-state index contributed by atoms with van der Waals surface area (Å²) in [6.45, 7) is 10.6. The first kappa shape index (κ1) is 38.5. The van der Waals surface area contributed by atoms with Gasteiger partial charge in [-0.15, -0.1) is 0 Å². The summed E-state index contributed by atoms with van der Waals surface area (Å²) in [6, 6.07) is 13.5. The van der Waals surface area contributed by atoms with Gasteiger partial charge in [0.05, 0.1) is 18.7 Å². The summed E-state index contributed by atoms with van der Waals surface area (Å²) >= 11 is 6.18. The fourth-order valence-corrected chi connectivity index (χ4v) is 4.67. The van der Waals surface area contributed by atoms with Crippen molar-refractivity contribution in [3.63, 3.8) is 0 Å². The van der Waals surface area contributed by atoms with Crippen LogP contribution in [0.25, 0.3) is 6.08 Å². The summed E-state index contributed by atoms with van der Waals surface area (Å²) in [5.41, 5.74) is 7.19. The van der Waals surface area contributed by atoms with Gasteiger partial charge in [0, 0.05) is 24.2 Å². The molecule has 0 aromatic heterocycles. The van der Waals surface area contributed by atoms with Crippen molar-refractivity contribution in [3.05, 3.63) is 82.9 Å². The molecule has 2 aromatic rings. The molecule has 0 radical (unpaired) electrons. The van der Waals surface area contributed by atoms with Crippen molar-refractivity contribution in [3.8, 4) is 5.75 Å². The predicted molar refractivity (Wildman–Crippen MR) is 182 cm³/mol. The Bertz CT molecular complexity index is 1330. The number of carbonyl (C=O) groups excluding carboxylic acids is 2. The van der Waals surface area contributed by atoms with Crippen LogP contribution in [0, 0.1) is 17.3 Å². The van der Waals surface area contributed by atoms with Crippen LogP contribution in [0.3, 0.4) is 0 Å². The summed E-state index contributed by atoms with van der Waals surface area (Å²) in [4.78, 5) is 38.1. The predicted octanol–water partition coefficient (Wildman–Crippen LogP) is 6.08. The van der Waals surface area contributed by atoms with Gasteiger partial charge in [-0.3, -0.25) is 4.79 Å². The smallest absolute Gasteiger partial charge is 0.335 e. The summed E-state index contributed by atoms with van der Waals surface area (Å²) in [6.07, 6.45) is 6.09. The number of methoxy groups -OCH3 is 1. The van der Waals surface area contributed by atoms with Crippen molar-refractivity contribution < 1.29 is 33.7 Å². The monoisotopic (exact) mass is 656 g/mol. The number of carbonyl (C=O) groups is 3. The molecule has 0 aliphatic heterocycles. The van der Waals surface area contributed by atoms with Gasteiger partial charge in [-0.05, 0) is 48.2 Å². The topological polar surface area (TPSA) is 137 Å². The lowest BCUT2D eigenvalue weighted by atomic mass is 9.95. The molecule has 0 heterocycles. The van der Waals surface area contributed by atoms with Crippen molar-refractivity contribution >= 4 is 35.5 Å². The maximum atomic E-state index is 13.4. The molecule has 10 heteroatoms. The quantitative estimate of drug-likeness (QED) is 0.122. The molecule has 0 saturated heterocycles. The van der Waals surface area contributed by atoms with Gasteiger partial charge < -0.3 is 30.4 Å². The van der Waals surface area contributed by atoms with Crippen LogP contribution in [0.1, 0.15) is 58.6 Å². The first-order valence-corrected chi connectivity index (χ1v) is 15.9. The number of amides is 1. The van der Waals surface area contributed by atoms with Gasteiger partial charge in [-0.2, -0.15) is 0 Å². The van der Waals surface area contributed by atoms with Gasteiger partial charge in [0.2, 0.25) is 5.91 Å². The molecule has 2 aromatic carbocycles. The number of hydrogen-bond donors (Lipinski definition) is 3. The zero-order chi connectivity index (χ0) is 34.3. The lowest BCUT2D eigenvalue weighted by molar-refractivity contribution is -0.167. The van der Waals surface area contributed by atoms with E-state index in [0.717, 1.165) is 5.56 Å². The van der Waals surface area contributed by atoms with Gasteiger partial charge in [-0.25, -0.2) is 9.59 Å².